The molecule has 17 heavy (non-hydrogen) atoms. The number of aryl methyl sites for hydroxylation is 1. The number of nitrogens with two attached hydrogens (primary N) is 1. The number of hydrogen-bond donors (Lipinski definition) is 1. The number of halogens is 3. The van der Waals surface area contributed by atoms with Gasteiger partial charge in [-0.3, -0.25) is 0 Å². The van der Waals surface area contributed by atoms with Gasteiger partial charge in [-0.25, -0.2) is 0 Å². The maximum Gasteiger partial charge on any atom is 0.418 e. The minimum atomic E-state index is -4.42. The summed E-state index contributed by atoms with van der Waals surface area (Å²) in [6.07, 6.45) is -3.27. The molecule has 0 saturated heterocycles. The molecule has 0 saturated carbocycles. The summed E-state index contributed by atoms with van der Waals surface area (Å²) in [6.45, 7) is 0.459. The normalized spacial score (nSPS) is 12.2. The van der Waals surface area contributed by atoms with Crippen LogP contribution in [0.5, 0.6) is 0 Å². The molecule has 1 aromatic heterocycles. The molecule has 2 aromatic rings. The maximum atomic E-state index is 12.7. The first-order valence-electron chi connectivity index (χ1n) is 5.18. The van der Waals surface area contributed by atoms with Gasteiger partial charge < -0.3 is 10.3 Å². The van der Waals surface area contributed by atoms with Gasteiger partial charge >= 0.3 is 6.18 Å². The summed E-state index contributed by atoms with van der Waals surface area (Å²) >= 11 is 0. The van der Waals surface area contributed by atoms with Crippen molar-refractivity contribution in [2.45, 2.75) is 19.0 Å². The number of hydrogen-bond acceptors (Lipinski definition) is 3. The van der Waals surface area contributed by atoms with Crippen LogP contribution in [0.3, 0.4) is 0 Å². The topological polar surface area (TPSA) is 52.0 Å². The van der Waals surface area contributed by atoms with Gasteiger partial charge in [-0.2, -0.15) is 13.2 Å². The van der Waals surface area contributed by atoms with Crippen LogP contribution in [0, 0.1) is 0 Å². The van der Waals surface area contributed by atoms with Gasteiger partial charge in [0, 0.05) is 11.8 Å². The number of rotatable bonds is 3. The molecular weight excluding hydrogens is 233 g/mol. The van der Waals surface area contributed by atoms with E-state index in [4.69, 9.17) is 10.3 Å². The summed E-state index contributed by atoms with van der Waals surface area (Å²) in [5.41, 5.74) is 4.45. The lowest BCUT2D eigenvalue weighted by Gasteiger charge is -2.05. The van der Waals surface area contributed by atoms with E-state index in [2.05, 4.69) is 5.16 Å². The van der Waals surface area contributed by atoms with Gasteiger partial charge in [0.05, 0.1) is 5.56 Å². The SMILES string of the molecule is NCCCc1onc2c(C(F)(F)F)cccc12. The zero-order valence-corrected chi connectivity index (χ0v) is 8.92. The van der Waals surface area contributed by atoms with E-state index in [1.165, 1.54) is 6.07 Å². The highest BCUT2D eigenvalue weighted by Gasteiger charge is 2.34. The van der Waals surface area contributed by atoms with E-state index in [1.54, 1.807) is 6.07 Å². The number of fused-ring (bicyclic) bond motifs is 1. The Bertz CT molecular complexity index is 519. The quantitative estimate of drug-likeness (QED) is 0.903. The Labute approximate surface area is 95.4 Å². The first-order chi connectivity index (χ1) is 8.04. The Balaban J connectivity index is 2.49. The Morgan fingerprint density at radius 2 is 2.06 bits per heavy atom. The van der Waals surface area contributed by atoms with Crippen LogP contribution in [0.1, 0.15) is 17.7 Å². The second kappa shape index (κ2) is 4.37. The molecule has 0 aliphatic carbocycles. The second-order valence-electron chi connectivity index (χ2n) is 3.70. The van der Waals surface area contributed by atoms with E-state index >= 15 is 0 Å². The molecule has 0 unspecified atom stereocenters. The van der Waals surface area contributed by atoms with E-state index in [9.17, 15) is 13.2 Å². The van der Waals surface area contributed by atoms with E-state index in [1.807, 2.05) is 0 Å². The maximum absolute atomic E-state index is 12.7. The summed E-state index contributed by atoms with van der Waals surface area (Å²) in [7, 11) is 0. The molecule has 0 bridgehead atoms. The molecule has 0 amide bonds. The van der Waals surface area contributed by atoms with Gasteiger partial charge in [0.1, 0.15) is 11.3 Å². The Morgan fingerprint density at radius 3 is 2.71 bits per heavy atom. The van der Waals surface area contributed by atoms with E-state index < -0.39 is 11.7 Å². The van der Waals surface area contributed by atoms with Gasteiger partial charge in [0.15, 0.2) is 0 Å². The molecule has 92 valence electrons. The summed E-state index contributed by atoms with van der Waals surface area (Å²) in [5.74, 6) is 0.455. The van der Waals surface area contributed by atoms with Gasteiger partial charge in [0.25, 0.3) is 0 Å². The summed E-state index contributed by atoms with van der Waals surface area (Å²) in [4.78, 5) is 0. The first-order valence-corrected chi connectivity index (χ1v) is 5.18. The fourth-order valence-electron chi connectivity index (χ4n) is 1.69. The number of nitrogens with zero attached hydrogens (tertiary/aromatic N) is 1. The van der Waals surface area contributed by atoms with Crippen molar-refractivity contribution in [1.29, 1.82) is 0 Å². The van der Waals surface area contributed by atoms with Crippen molar-refractivity contribution in [2.75, 3.05) is 6.54 Å². The summed E-state index contributed by atoms with van der Waals surface area (Å²) in [6, 6.07) is 3.93. The molecule has 1 aromatic carbocycles. The highest BCUT2D eigenvalue weighted by Crippen LogP contribution is 2.35. The minimum absolute atomic E-state index is 0.132. The third-order valence-electron chi connectivity index (χ3n) is 2.50. The van der Waals surface area contributed by atoms with Crippen LogP contribution in [-0.2, 0) is 12.6 Å². The standard InChI is InChI=1S/C11H11F3N2O/c12-11(13,14)8-4-1-3-7-9(5-2-6-15)17-16-10(7)8/h1,3-4H,2,5-6,15H2. The lowest BCUT2D eigenvalue weighted by molar-refractivity contribution is -0.136. The molecule has 1 heterocycles. The Hall–Kier alpha value is -1.56. The summed E-state index contributed by atoms with van der Waals surface area (Å²) in [5, 5.41) is 3.91. The molecule has 0 fully saturated rings. The highest BCUT2D eigenvalue weighted by atomic mass is 19.4. The van der Waals surface area contributed by atoms with Gasteiger partial charge in [0.2, 0.25) is 0 Å². The van der Waals surface area contributed by atoms with Crippen molar-refractivity contribution in [3.05, 3.63) is 29.5 Å². The largest absolute Gasteiger partial charge is 0.418 e. The fourth-order valence-corrected chi connectivity index (χ4v) is 1.69. The molecule has 0 radical (unpaired) electrons. The molecule has 0 spiro atoms. The van der Waals surface area contributed by atoms with Crippen LogP contribution < -0.4 is 5.73 Å². The molecular formula is C11H11F3N2O. The molecule has 2 N–H and O–H groups in total. The number of alkyl halides is 3. The van der Waals surface area contributed by atoms with Crippen molar-refractivity contribution in [2.24, 2.45) is 5.73 Å². The lowest BCUT2D eigenvalue weighted by Crippen LogP contribution is -2.05. The molecule has 0 aliphatic heterocycles. The highest BCUT2D eigenvalue weighted by molar-refractivity contribution is 5.84. The summed E-state index contributed by atoms with van der Waals surface area (Å²) < 4.78 is 43.0. The first kappa shape index (κ1) is 11.9. The average molecular weight is 244 g/mol. The fraction of sp³-hybridized carbons (Fsp3) is 0.364. The average Bonchev–Trinajstić information content (AvgIpc) is 2.67. The molecule has 0 atom stereocenters. The lowest BCUT2D eigenvalue weighted by atomic mass is 10.1. The minimum Gasteiger partial charge on any atom is -0.360 e. The van der Waals surface area contributed by atoms with Crippen LogP contribution in [0.15, 0.2) is 22.7 Å². The second-order valence-corrected chi connectivity index (χ2v) is 3.70. The predicted octanol–water partition coefficient (Wildman–Crippen LogP) is 2.74. The monoisotopic (exact) mass is 244 g/mol. The Morgan fingerprint density at radius 1 is 1.29 bits per heavy atom. The van der Waals surface area contributed by atoms with Crippen LogP contribution in [-0.4, -0.2) is 11.7 Å². The third-order valence-corrected chi connectivity index (χ3v) is 2.50. The smallest absolute Gasteiger partial charge is 0.360 e. The molecule has 2 rings (SSSR count). The van der Waals surface area contributed by atoms with Crippen LogP contribution in [0.4, 0.5) is 13.2 Å². The van der Waals surface area contributed by atoms with Crippen LogP contribution in [0.25, 0.3) is 10.9 Å². The van der Waals surface area contributed by atoms with Crippen LogP contribution >= 0.6 is 0 Å². The van der Waals surface area contributed by atoms with Crippen molar-refractivity contribution < 1.29 is 17.7 Å². The van der Waals surface area contributed by atoms with Gasteiger partial charge in [-0.1, -0.05) is 11.2 Å². The van der Waals surface area contributed by atoms with Crippen molar-refractivity contribution in [1.82, 2.24) is 5.16 Å². The van der Waals surface area contributed by atoms with Crippen molar-refractivity contribution in [3.8, 4) is 0 Å². The van der Waals surface area contributed by atoms with Crippen molar-refractivity contribution >= 4 is 10.9 Å². The zero-order valence-electron chi connectivity index (χ0n) is 8.92. The van der Waals surface area contributed by atoms with E-state index in [0.717, 1.165) is 6.07 Å². The zero-order chi connectivity index (χ0) is 12.5. The molecule has 3 nitrogen and oxygen atoms in total. The van der Waals surface area contributed by atoms with Gasteiger partial charge in [-0.15, -0.1) is 0 Å². The number of aromatic nitrogens is 1. The van der Waals surface area contributed by atoms with Crippen LogP contribution in [0.2, 0.25) is 0 Å². The third kappa shape index (κ3) is 2.26. The van der Waals surface area contributed by atoms with Gasteiger partial charge in [-0.05, 0) is 25.1 Å². The van der Waals surface area contributed by atoms with E-state index in [0.29, 0.717) is 30.5 Å². The number of benzene rings is 1. The van der Waals surface area contributed by atoms with Crippen molar-refractivity contribution in [3.63, 3.8) is 0 Å². The predicted molar refractivity (Wildman–Crippen MR) is 56.4 cm³/mol. The molecule has 0 aliphatic rings. The molecule has 6 heteroatoms. The van der Waals surface area contributed by atoms with E-state index in [-0.39, 0.29) is 5.52 Å². The Kier molecular flexibility index (Phi) is 3.06.